The maximum Gasteiger partial charge on any atom is 0.459 e. The molecule has 1 fully saturated rings. The van der Waals surface area contributed by atoms with Gasteiger partial charge in [0.15, 0.2) is 23.4 Å². The average Bonchev–Trinajstić information content (AvgIpc) is 3.48. The summed E-state index contributed by atoms with van der Waals surface area (Å²) in [4.78, 5) is 35.8. The van der Waals surface area contributed by atoms with Crippen molar-refractivity contribution in [3.8, 4) is 5.75 Å². The van der Waals surface area contributed by atoms with Crippen LogP contribution in [-0.4, -0.2) is 81.3 Å². The number of carbonyl (C=O) groups is 2. The van der Waals surface area contributed by atoms with Gasteiger partial charge in [-0.25, -0.2) is 13.9 Å². The van der Waals surface area contributed by atoms with E-state index >= 15 is 4.39 Å². The van der Waals surface area contributed by atoms with Crippen LogP contribution in [0.4, 0.5) is 16.2 Å². The summed E-state index contributed by atoms with van der Waals surface area (Å²) >= 11 is 0. The maximum atomic E-state index is 16.0. The van der Waals surface area contributed by atoms with E-state index in [0.717, 1.165) is 14.0 Å². The van der Waals surface area contributed by atoms with Gasteiger partial charge >= 0.3 is 19.7 Å². The van der Waals surface area contributed by atoms with Gasteiger partial charge in [0.25, 0.3) is 0 Å². The van der Waals surface area contributed by atoms with Crippen molar-refractivity contribution in [1.29, 1.82) is 0 Å². The van der Waals surface area contributed by atoms with E-state index in [1.807, 2.05) is 0 Å². The van der Waals surface area contributed by atoms with Crippen LogP contribution in [0.15, 0.2) is 30.6 Å². The van der Waals surface area contributed by atoms with Gasteiger partial charge in [-0.15, -0.1) is 0 Å². The molecule has 234 valence electrons. The molecule has 1 aliphatic heterocycles. The van der Waals surface area contributed by atoms with E-state index in [-0.39, 0.29) is 41.5 Å². The summed E-state index contributed by atoms with van der Waals surface area (Å²) in [6.07, 6.45) is -3.24. The second kappa shape index (κ2) is 12.8. The lowest BCUT2D eigenvalue weighted by Crippen LogP contribution is -2.41. The molecule has 16 nitrogen and oxygen atoms in total. The smallest absolute Gasteiger partial charge is 0.459 e. The highest BCUT2D eigenvalue weighted by molar-refractivity contribution is 7.52. The molecule has 0 aliphatic carbocycles. The van der Waals surface area contributed by atoms with Crippen LogP contribution in [0.25, 0.3) is 11.2 Å². The highest BCUT2D eigenvalue weighted by Gasteiger charge is 2.56. The molecular weight excluding hydrogens is 592 g/mol. The Hall–Kier alpha value is -3.89. The Morgan fingerprint density at radius 1 is 1.26 bits per heavy atom. The van der Waals surface area contributed by atoms with Crippen molar-refractivity contribution in [2.75, 3.05) is 32.3 Å². The molecule has 6 N–H and O–H groups in total. The molecule has 2 aromatic heterocycles. The number of ether oxygens (including phenoxy) is 3. The molecule has 18 heteroatoms. The fourth-order valence-electron chi connectivity index (χ4n) is 4.47. The number of aromatic nitrogens is 4. The molecule has 43 heavy (non-hydrogen) atoms. The van der Waals surface area contributed by atoms with E-state index in [0.29, 0.717) is 5.56 Å². The van der Waals surface area contributed by atoms with E-state index in [4.69, 9.17) is 30.0 Å². The van der Waals surface area contributed by atoms with Gasteiger partial charge in [-0.1, -0.05) is 18.2 Å². The third-order valence-corrected chi connectivity index (χ3v) is 8.40. The van der Waals surface area contributed by atoms with E-state index in [2.05, 4.69) is 24.8 Å². The number of benzene rings is 1. The number of carbonyl (C=O) groups excluding carboxylic acids is 2. The molecule has 3 aromatic rings. The lowest BCUT2D eigenvalue weighted by molar-refractivity contribution is -0.142. The number of methoxy groups -OCH3 is 2. The number of aryl methyl sites for hydroxylation is 1. The van der Waals surface area contributed by atoms with E-state index in [1.54, 1.807) is 18.2 Å². The molecule has 0 saturated carbocycles. The Kier molecular flexibility index (Phi) is 9.51. The molecular formula is C25H33FN7O9P. The number of halogens is 1. The van der Waals surface area contributed by atoms with Crippen LogP contribution < -0.4 is 21.1 Å². The molecule has 1 unspecified atom stereocenters. The largest absolute Gasteiger partial charge is 0.469 e. The number of nitrogens with two attached hydrogens (primary N) is 2. The summed E-state index contributed by atoms with van der Waals surface area (Å²) in [7, 11) is -2.05. The first-order valence-electron chi connectivity index (χ1n) is 13.0. The van der Waals surface area contributed by atoms with Crippen LogP contribution >= 0.6 is 7.75 Å². The normalized spacial score (nSPS) is 23.9. The van der Waals surface area contributed by atoms with Crippen LogP contribution in [0.3, 0.4) is 0 Å². The zero-order chi connectivity index (χ0) is 31.5. The number of nitrogen functional groups attached to an aromatic ring is 2. The van der Waals surface area contributed by atoms with Crippen molar-refractivity contribution in [3.63, 3.8) is 0 Å². The summed E-state index contributed by atoms with van der Waals surface area (Å²) in [5.41, 5.74) is 9.84. The van der Waals surface area contributed by atoms with Gasteiger partial charge in [0.1, 0.15) is 29.5 Å². The average molecular weight is 626 g/mol. The summed E-state index contributed by atoms with van der Waals surface area (Å²) < 4.78 is 57.8. The van der Waals surface area contributed by atoms with Crippen LogP contribution in [0.5, 0.6) is 5.75 Å². The summed E-state index contributed by atoms with van der Waals surface area (Å²) in [5.74, 6) is -1.37. The first-order chi connectivity index (χ1) is 20.3. The van der Waals surface area contributed by atoms with Gasteiger partial charge in [0, 0.05) is 6.42 Å². The maximum absolute atomic E-state index is 16.0. The number of anilines is 2. The van der Waals surface area contributed by atoms with Crippen molar-refractivity contribution in [1.82, 2.24) is 24.6 Å². The molecule has 3 heterocycles. The fourth-order valence-corrected chi connectivity index (χ4v) is 6.01. The first-order valence-corrected chi connectivity index (χ1v) is 14.6. The number of para-hydroxylation sites is 1. The van der Waals surface area contributed by atoms with Crippen molar-refractivity contribution in [2.24, 2.45) is 0 Å². The molecule has 1 aliphatic rings. The number of aliphatic hydroxyl groups excluding tert-OH is 1. The number of imidazole rings is 1. The van der Waals surface area contributed by atoms with E-state index in [1.165, 1.54) is 31.0 Å². The Balaban J connectivity index is 1.58. The van der Waals surface area contributed by atoms with E-state index in [9.17, 15) is 19.3 Å². The number of alkyl halides is 1. The third-order valence-electron chi connectivity index (χ3n) is 6.77. The summed E-state index contributed by atoms with van der Waals surface area (Å²) in [6.45, 7) is 1.83. The first kappa shape index (κ1) is 32.0. The van der Waals surface area contributed by atoms with Crippen molar-refractivity contribution >= 4 is 42.6 Å². The number of aliphatic hydroxyl groups is 1. The second-order valence-electron chi connectivity index (χ2n) is 9.86. The predicted octanol–water partition coefficient (Wildman–Crippen LogP) is 1.44. The topological polar surface area (TPSA) is 225 Å². The molecule has 6 atom stereocenters. The van der Waals surface area contributed by atoms with Gasteiger partial charge in [-0.2, -0.15) is 15.1 Å². The minimum atomic E-state index is -4.45. The molecule has 0 spiro atoms. The molecule has 4 rings (SSSR count). The number of hydrogen-bond donors (Lipinski definition) is 4. The summed E-state index contributed by atoms with van der Waals surface area (Å²) in [6, 6.07) is 5.26. The lowest BCUT2D eigenvalue weighted by Gasteiger charge is -2.25. The SMILES string of the molecule is COC(=O)CCc1ccccc1OP(=O)(N[C@@H](C)C(=O)OC)OC[C@H]1O[C@@H](n2cnc3c(N)nc(N)nc32)[C@@](C)(F)[C@H]1O. The zero-order valence-electron chi connectivity index (χ0n) is 23.8. The van der Waals surface area contributed by atoms with Crippen LogP contribution in [0, 0.1) is 0 Å². The van der Waals surface area contributed by atoms with Crippen molar-refractivity contribution in [2.45, 2.75) is 56.8 Å². The zero-order valence-corrected chi connectivity index (χ0v) is 24.7. The quantitative estimate of drug-likeness (QED) is 0.165. The van der Waals surface area contributed by atoms with Crippen molar-refractivity contribution in [3.05, 3.63) is 36.2 Å². The van der Waals surface area contributed by atoms with E-state index < -0.39 is 56.4 Å². The number of hydrogen-bond acceptors (Lipinski definition) is 14. The minimum Gasteiger partial charge on any atom is -0.469 e. The van der Waals surface area contributed by atoms with Gasteiger partial charge in [-0.05, 0) is 31.9 Å². The molecule has 1 aromatic carbocycles. The number of esters is 2. The Morgan fingerprint density at radius 2 is 1.98 bits per heavy atom. The third kappa shape index (κ3) is 6.86. The van der Waals surface area contributed by atoms with Gasteiger partial charge in [-0.3, -0.25) is 18.7 Å². The Bertz CT molecular complexity index is 1540. The van der Waals surface area contributed by atoms with Gasteiger partial charge in [0.05, 0.1) is 27.2 Å². The van der Waals surface area contributed by atoms with Gasteiger partial charge in [0.2, 0.25) is 5.95 Å². The number of fused-ring (bicyclic) bond motifs is 1. The molecule has 0 amide bonds. The number of rotatable bonds is 12. The fraction of sp³-hybridized carbons (Fsp3) is 0.480. The summed E-state index contributed by atoms with van der Waals surface area (Å²) in [5, 5.41) is 13.4. The Labute approximate surface area is 245 Å². The van der Waals surface area contributed by atoms with Crippen molar-refractivity contribution < 1.29 is 46.9 Å². The second-order valence-corrected chi connectivity index (χ2v) is 11.6. The standard InChI is InChI=1S/C25H33FN7O9P/c1-13(22(36)39-4)32-43(37,42-15-8-6-5-7-14(15)9-10-17(34)38-3)40-11-16-19(35)25(2,26)23(41-16)33-12-29-18-20(27)30-24(28)31-21(18)33/h5-8,12-13,16,19,23,35H,9-11H2,1-4H3,(H,32,37)(H4,27,28,30,31)/t13-,16+,19-,23+,25-,43?/m0/s1. The minimum absolute atomic E-state index is 0.0117. The number of nitrogens with one attached hydrogen (secondary N) is 1. The van der Waals surface area contributed by atoms with Crippen LogP contribution in [-0.2, 0) is 39.3 Å². The lowest BCUT2D eigenvalue weighted by atomic mass is 9.98. The predicted molar refractivity (Wildman–Crippen MR) is 149 cm³/mol. The van der Waals surface area contributed by atoms with Gasteiger partial charge < -0.3 is 35.3 Å². The van der Waals surface area contributed by atoms with Crippen LogP contribution in [0.1, 0.15) is 32.1 Å². The molecule has 0 radical (unpaired) electrons. The van der Waals surface area contributed by atoms with Crippen LogP contribution in [0.2, 0.25) is 0 Å². The highest BCUT2D eigenvalue weighted by atomic mass is 31.2. The molecule has 0 bridgehead atoms. The monoisotopic (exact) mass is 625 g/mol. The highest BCUT2D eigenvalue weighted by Crippen LogP contribution is 2.48. The Morgan fingerprint density at radius 3 is 2.67 bits per heavy atom. The molecule has 1 saturated heterocycles. The number of nitrogens with zero attached hydrogens (tertiary/aromatic N) is 4.